The van der Waals surface area contributed by atoms with E-state index in [1.807, 2.05) is 42.5 Å². The molecule has 0 saturated heterocycles. The van der Waals surface area contributed by atoms with Gasteiger partial charge in [0.25, 0.3) is 5.91 Å². The molecule has 0 radical (unpaired) electrons. The molecule has 1 amide bonds. The minimum absolute atomic E-state index is 0.178. The third-order valence-corrected chi connectivity index (χ3v) is 4.84. The second-order valence-electron chi connectivity index (χ2n) is 5.75. The number of benzene rings is 2. The summed E-state index contributed by atoms with van der Waals surface area (Å²) in [5.74, 6) is 3.04. The van der Waals surface area contributed by atoms with Crippen molar-refractivity contribution in [1.82, 2.24) is 10.3 Å². The molecule has 2 aromatic carbocycles. The van der Waals surface area contributed by atoms with E-state index in [-0.39, 0.29) is 11.4 Å². The lowest BCUT2D eigenvalue weighted by atomic mass is 10.1. The van der Waals surface area contributed by atoms with E-state index in [2.05, 4.69) is 15.1 Å². The molecule has 1 aromatic heterocycles. The van der Waals surface area contributed by atoms with Crippen LogP contribution in [0.25, 0.3) is 10.8 Å². The van der Waals surface area contributed by atoms with E-state index in [9.17, 15) is 14.7 Å². The number of pyridine rings is 1. The first-order chi connectivity index (χ1) is 13.0. The van der Waals surface area contributed by atoms with Crippen molar-refractivity contribution in [3.05, 3.63) is 60.4 Å². The highest BCUT2D eigenvalue weighted by Crippen LogP contribution is 2.33. The molecule has 0 bridgehead atoms. The van der Waals surface area contributed by atoms with Crippen LogP contribution in [0.4, 0.5) is 0 Å². The van der Waals surface area contributed by atoms with Crippen molar-refractivity contribution in [2.45, 2.75) is 22.8 Å². The Morgan fingerprint density at radius 2 is 1.93 bits per heavy atom. The molecule has 7 nitrogen and oxygen atoms in total. The topological polar surface area (TPSA) is 115 Å². The van der Waals surface area contributed by atoms with Gasteiger partial charge in [-0.15, -0.1) is 0 Å². The zero-order chi connectivity index (χ0) is 19.4. The van der Waals surface area contributed by atoms with Crippen LogP contribution in [0, 0.1) is 0 Å². The second kappa shape index (κ2) is 8.07. The van der Waals surface area contributed by atoms with Gasteiger partial charge in [-0.25, -0.2) is 9.78 Å². The lowest BCUT2D eigenvalue weighted by Crippen LogP contribution is -2.40. The van der Waals surface area contributed by atoms with E-state index in [1.165, 1.54) is 13.1 Å². The van der Waals surface area contributed by atoms with Gasteiger partial charge < -0.3 is 15.3 Å². The maximum Gasteiger partial charge on any atom is 0.346 e. The average molecular weight is 383 g/mol. The molecule has 0 fully saturated rings. The fraction of sp³-hybridized carbons (Fsp3) is 0.105. The van der Waals surface area contributed by atoms with E-state index in [1.54, 1.807) is 17.8 Å². The number of fused-ring (bicyclic) bond motifs is 1. The molecular weight excluding hydrogens is 366 g/mol. The first kappa shape index (κ1) is 18.7. The van der Waals surface area contributed by atoms with Crippen molar-refractivity contribution < 1.29 is 19.5 Å². The average Bonchev–Trinajstić information content (AvgIpc) is 2.68. The summed E-state index contributed by atoms with van der Waals surface area (Å²) in [5.41, 5.74) is -0.178. The lowest BCUT2D eigenvalue weighted by molar-refractivity contribution is -0.146. The Bertz CT molecular complexity index is 995. The number of aromatic nitrogens is 1. The largest absolute Gasteiger partial charge is 0.505 e. The maximum atomic E-state index is 12.3. The highest BCUT2D eigenvalue weighted by Gasteiger charge is 2.21. The van der Waals surface area contributed by atoms with Crippen molar-refractivity contribution in [3.8, 4) is 5.75 Å². The molecule has 1 unspecified atom stereocenters. The van der Waals surface area contributed by atoms with Crippen LogP contribution >= 0.6 is 11.8 Å². The highest BCUT2D eigenvalue weighted by atomic mass is 32.2. The van der Waals surface area contributed by atoms with Gasteiger partial charge >= 0.3 is 5.97 Å². The molecule has 0 saturated carbocycles. The predicted octanol–water partition coefficient (Wildman–Crippen LogP) is 2.63. The summed E-state index contributed by atoms with van der Waals surface area (Å²) in [6.45, 7) is 1.41. The Kier molecular flexibility index (Phi) is 5.58. The molecule has 8 heteroatoms. The van der Waals surface area contributed by atoms with Crippen LogP contribution in [0.15, 0.2) is 64.5 Å². The number of nitrogens with two attached hydrogens (primary N) is 1. The SMILES string of the molecule is CC(NC(=O)c1ncc2cc(Sc3ccccc3)ccc2c1O)C(=O)ON. The number of hydrogen-bond donors (Lipinski definition) is 3. The first-order valence-corrected chi connectivity index (χ1v) is 8.87. The van der Waals surface area contributed by atoms with Crippen LogP contribution in [0.3, 0.4) is 0 Å². The van der Waals surface area contributed by atoms with Crippen molar-refractivity contribution in [2.24, 2.45) is 5.90 Å². The van der Waals surface area contributed by atoms with Crippen molar-refractivity contribution >= 4 is 34.4 Å². The van der Waals surface area contributed by atoms with E-state index < -0.39 is 17.9 Å². The highest BCUT2D eigenvalue weighted by molar-refractivity contribution is 7.99. The summed E-state index contributed by atoms with van der Waals surface area (Å²) in [7, 11) is 0. The predicted molar refractivity (Wildman–Crippen MR) is 101 cm³/mol. The molecule has 1 heterocycles. The van der Waals surface area contributed by atoms with E-state index in [0.29, 0.717) is 10.8 Å². The van der Waals surface area contributed by atoms with Gasteiger partial charge in [0.05, 0.1) is 0 Å². The number of amides is 1. The van der Waals surface area contributed by atoms with Gasteiger partial charge in [0.1, 0.15) is 6.04 Å². The molecular formula is C19H17N3O4S. The molecule has 3 rings (SSSR count). The first-order valence-electron chi connectivity index (χ1n) is 8.05. The summed E-state index contributed by atoms with van der Waals surface area (Å²) < 4.78 is 0. The minimum Gasteiger partial charge on any atom is -0.505 e. The molecule has 0 aliphatic heterocycles. The molecule has 0 aliphatic carbocycles. The number of nitrogens with one attached hydrogen (secondary N) is 1. The molecule has 138 valence electrons. The Morgan fingerprint density at radius 1 is 1.19 bits per heavy atom. The van der Waals surface area contributed by atoms with Gasteiger partial charge in [-0.2, -0.15) is 5.90 Å². The fourth-order valence-corrected chi connectivity index (χ4v) is 3.35. The Hall–Kier alpha value is -3.10. The third-order valence-electron chi connectivity index (χ3n) is 3.85. The Balaban J connectivity index is 1.86. The smallest absolute Gasteiger partial charge is 0.346 e. The van der Waals surface area contributed by atoms with Gasteiger partial charge in [-0.1, -0.05) is 30.0 Å². The van der Waals surface area contributed by atoms with Crippen LogP contribution in [0.5, 0.6) is 5.75 Å². The van der Waals surface area contributed by atoms with E-state index >= 15 is 0 Å². The standard InChI is InChI=1S/C19H17N3O4S/c1-11(19(25)26-20)22-18(24)16-17(23)15-8-7-14(9-12(15)10-21-16)27-13-5-3-2-4-6-13/h2-11,23H,20H2,1H3,(H,22,24). The van der Waals surface area contributed by atoms with Crippen molar-refractivity contribution in [1.29, 1.82) is 0 Å². The van der Waals surface area contributed by atoms with Gasteiger partial charge in [-0.3, -0.25) is 4.79 Å². The van der Waals surface area contributed by atoms with Crippen LogP contribution in [0.2, 0.25) is 0 Å². The summed E-state index contributed by atoms with van der Waals surface area (Å²) in [6, 6.07) is 14.4. The third kappa shape index (κ3) is 4.18. The normalized spacial score (nSPS) is 11.8. The Morgan fingerprint density at radius 3 is 2.63 bits per heavy atom. The summed E-state index contributed by atoms with van der Waals surface area (Å²) in [6.07, 6.45) is 1.50. The maximum absolute atomic E-state index is 12.3. The molecule has 3 aromatic rings. The number of aromatic hydroxyl groups is 1. The van der Waals surface area contributed by atoms with Crippen LogP contribution < -0.4 is 11.2 Å². The van der Waals surface area contributed by atoms with Crippen LogP contribution in [-0.4, -0.2) is 28.0 Å². The van der Waals surface area contributed by atoms with Crippen molar-refractivity contribution in [3.63, 3.8) is 0 Å². The zero-order valence-electron chi connectivity index (χ0n) is 14.4. The molecule has 0 spiro atoms. The van der Waals surface area contributed by atoms with Gasteiger partial charge in [0.15, 0.2) is 11.4 Å². The Labute approximate surface area is 159 Å². The van der Waals surface area contributed by atoms with E-state index in [0.717, 1.165) is 9.79 Å². The van der Waals surface area contributed by atoms with Crippen LogP contribution in [-0.2, 0) is 9.63 Å². The molecule has 4 N–H and O–H groups in total. The van der Waals surface area contributed by atoms with Crippen molar-refractivity contribution in [2.75, 3.05) is 0 Å². The summed E-state index contributed by atoms with van der Waals surface area (Å²) in [5, 5.41) is 14.0. The fourth-order valence-electron chi connectivity index (χ4n) is 2.47. The zero-order valence-corrected chi connectivity index (χ0v) is 15.2. The minimum atomic E-state index is -0.968. The molecule has 0 aliphatic rings. The second-order valence-corrected chi connectivity index (χ2v) is 6.90. The summed E-state index contributed by atoms with van der Waals surface area (Å²) >= 11 is 1.58. The van der Waals surface area contributed by atoms with E-state index in [4.69, 9.17) is 5.90 Å². The number of nitrogens with zero attached hydrogens (tertiary/aromatic N) is 1. The summed E-state index contributed by atoms with van der Waals surface area (Å²) in [4.78, 5) is 33.8. The monoisotopic (exact) mass is 383 g/mol. The van der Waals surface area contributed by atoms with Gasteiger partial charge in [0, 0.05) is 26.8 Å². The van der Waals surface area contributed by atoms with Crippen LogP contribution in [0.1, 0.15) is 17.4 Å². The molecule has 1 atom stereocenters. The van der Waals surface area contributed by atoms with Gasteiger partial charge in [0.2, 0.25) is 0 Å². The quantitative estimate of drug-likeness (QED) is 0.580. The van der Waals surface area contributed by atoms with Gasteiger partial charge in [-0.05, 0) is 37.3 Å². The number of carbonyl (C=O) groups is 2. The molecule has 27 heavy (non-hydrogen) atoms. The number of rotatable bonds is 5. The number of carbonyl (C=O) groups excluding carboxylic acids is 2. The number of hydrogen-bond acceptors (Lipinski definition) is 7. The lowest BCUT2D eigenvalue weighted by Gasteiger charge is -2.12.